The first kappa shape index (κ1) is 27.7. The molecule has 0 heterocycles. The Morgan fingerprint density at radius 2 is 1.57 bits per heavy atom. The Bertz CT molecular complexity index is 632. The molecule has 11 nitrogen and oxygen atoms in total. The minimum absolute atomic E-state index is 0.337. The van der Waals surface area contributed by atoms with Crippen LogP contribution in [0.5, 0.6) is 0 Å². The Kier molecular flexibility index (Phi) is 12.7. The summed E-state index contributed by atoms with van der Waals surface area (Å²) >= 11 is 1.49. The Hall–Kier alpha value is -2.34. The number of thioether (sulfide) groups is 1. The van der Waals surface area contributed by atoms with Gasteiger partial charge in [-0.15, -0.1) is 0 Å². The van der Waals surface area contributed by atoms with Crippen LogP contribution in [0.3, 0.4) is 0 Å². The fraction of sp³-hybridized carbons (Fsp3) is 0.722. The number of carbonyl (C=O) groups excluding carboxylic acids is 3. The van der Waals surface area contributed by atoms with Crippen LogP contribution in [0.1, 0.15) is 40.0 Å². The van der Waals surface area contributed by atoms with Gasteiger partial charge in [0.2, 0.25) is 17.7 Å². The molecule has 30 heavy (non-hydrogen) atoms. The lowest BCUT2D eigenvalue weighted by Gasteiger charge is -2.24. The van der Waals surface area contributed by atoms with Crippen molar-refractivity contribution in [3.63, 3.8) is 0 Å². The Labute approximate surface area is 179 Å². The molecule has 0 radical (unpaired) electrons. The maximum Gasteiger partial charge on any atom is 0.326 e. The van der Waals surface area contributed by atoms with Gasteiger partial charge in [0.25, 0.3) is 0 Å². The fourth-order valence-electron chi connectivity index (χ4n) is 2.38. The zero-order valence-corrected chi connectivity index (χ0v) is 18.5. The second-order valence-electron chi connectivity index (χ2n) is 6.99. The predicted molar refractivity (Wildman–Crippen MR) is 112 cm³/mol. The molecule has 3 amide bonds. The summed E-state index contributed by atoms with van der Waals surface area (Å²) in [5.74, 6) is -4.56. The molecule has 0 aliphatic carbocycles. The van der Waals surface area contributed by atoms with Gasteiger partial charge in [0.05, 0.1) is 12.5 Å². The lowest BCUT2D eigenvalue weighted by molar-refractivity contribution is -0.144. The number of carboxylic acids is 2. The molecule has 0 fully saturated rings. The third-order valence-corrected chi connectivity index (χ3v) is 5.15. The van der Waals surface area contributed by atoms with Gasteiger partial charge in [-0.25, -0.2) is 4.79 Å². The number of carbonyl (C=O) groups is 5. The smallest absolute Gasteiger partial charge is 0.326 e. The number of amides is 3. The highest BCUT2D eigenvalue weighted by Gasteiger charge is 2.30. The van der Waals surface area contributed by atoms with Gasteiger partial charge >= 0.3 is 11.9 Å². The van der Waals surface area contributed by atoms with Crippen molar-refractivity contribution >= 4 is 41.4 Å². The van der Waals surface area contributed by atoms with Crippen LogP contribution in [-0.2, 0) is 24.0 Å². The van der Waals surface area contributed by atoms with E-state index in [1.54, 1.807) is 13.8 Å². The number of nitrogens with two attached hydrogens (primary N) is 1. The molecule has 0 aromatic carbocycles. The van der Waals surface area contributed by atoms with Crippen molar-refractivity contribution in [3.05, 3.63) is 0 Å². The van der Waals surface area contributed by atoms with Crippen LogP contribution >= 0.6 is 11.8 Å². The molecule has 0 bridgehead atoms. The summed E-state index contributed by atoms with van der Waals surface area (Å²) in [7, 11) is 0. The van der Waals surface area contributed by atoms with Gasteiger partial charge < -0.3 is 31.9 Å². The van der Waals surface area contributed by atoms with Crippen molar-refractivity contribution < 1.29 is 34.2 Å². The van der Waals surface area contributed by atoms with Crippen LogP contribution < -0.4 is 21.7 Å². The zero-order valence-electron chi connectivity index (χ0n) is 17.6. The Morgan fingerprint density at radius 1 is 0.967 bits per heavy atom. The van der Waals surface area contributed by atoms with E-state index in [9.17, 15) is 29.1 Å². The maximum absolute atomic E-state index is 12.4. The second-order valence-corrected chi connectivity index (χ2v) is 7.97. The van der Waals surface area contributed by atoms with E-state index in [4.69, 9.17) is 10.8 Å². The van der Waals surface area contributed by atoms with E-state index in [1.165, 1.54) is 18.7 Å². The first-order valence-corrected chi connectivity index (χ1v) is 10.9. The topological polar surface area (TPSA) is 188 Å². The van der Waals surface area contributed by atoms with E-state index in [0.29, 0.717) is 18.6 Å². The van der Waals surface area contributed by atoms with Gasteiger partial charge in [0.15, 0.2) is 0 Å². The summed E-state index contributed by atoms with van der Waals surface area (Å²) in [6, 6.07) is -4.63. The minimum atomic E-state index is -1.43. The van der Waals surface area contributed by atoms with Crippen LogP contribution in [0.4, 0.5) is 0 Å². The van der Waals surface area contributed by atoms with Gasteiger partial charge in [-0.3, -0.25) is 19.2 Å². The molecule has 7 N–H and O–H groups in total. The summed E-state index contributed by atoms with van der Waals surface area (Å²) in [5.41, 5.74) is 5.73. The molecule has 0 aromatic heterocycles. The van der Waals surface area contributed by atoms with Crippen LogP contribution in [0, 0.1) is 5.92 Å². The Morgan fingerprint density at radius 3 is 2.03 bits per heavy atom. The largest absolute Gasteiger partial charge is 0.481 e. The van der Waals surface area contributed by atoms with Crippen molar-refractivity contribution in [2.24, 2.45) is 11.7 Å². The van der Waals surface area contributed by atoms with E-state index in [2.05, 4.69) is 16.0 Å². The normalized spacial score (nSPS) is 15.8. The average molecular weight is 449 g/mol. The molecule has 0 aliphatic rings. The highest BCUT2D eigenvalue weighted by atomic mass is 32.2. The predicted octanol–water partition coefficient (Wildman–Crippen LogP) is -0.853. The van der Waals surface area contributed by atoms with Gasteiger partial charge in [-0.05, 0) is 31.3 Å². The Balaban J connectivity index is 5.08. The lowest BCUT2D eigenvalue weighted by atomic mass is 9.99. The van der Waals surface area contributed by atoms with Gasteiger partial charge in [0.1, 0.15) is 18.1 Å². The van der Waals surface area contributed by atoms with E-state index >= 15 is 0 Å². The minimum Gasteiger partial charge on any atom is -0.481 e. The maximum atomic E-state index is 12.4. The fourth-order valence-corrected chi connectivity index (χ4v) is 2.87. The highest BCUT2D eigenvalue weighted by Crippen LogP contribution is 2.08. The summed E-state index contributed by atoms with van der Waals surface area (Å²) < 4.78 is 0. The van der Waals surface area contributed by atoms with Crippen LogP contribution in [0.2, 0.25) is 0 Å². The number of hydrogen-bond donors (Lipinski definition) is 6. The standard InChI is InChI=1S/C18H32N4O7S/c1-5-9(2)14(18(28)29)22-15(25)10(3)20-17(27)12(8-13(23)24)21-16(26)11(19)6-7-30-4/h9-12,14H,5-8,19H2,1-4H3,(H,20,27)(H,21,26)(H,22,25)(H,23,24)(H,28,29). The highest BCUT2D eigenvalue weighted by molar-refractivity contribution is 7.98. The molecule has 0 aliphatic heterocycles. The first-order valence-electron chi connectivity index (χ1n) is 9.54. The monoisotopic (exact) mass is 448 g/mol. The molecule has 5 atom stereocenters. The molecule has 12 heteroatoms. The number of hydrogen-bond acceptors (Lipinski definition) is 7. The van der Waals surface area contributed by atoms with Crippen molar-refractivity contribution in [1.29, 1.82) is 0 Å². The van der Waals surface area contributed by atoms with Crippen LogP contribution in [0.25, 0.3) is 0 Å². The van der Waals surface area contributed by atoms with Crippen molar-refractivity contribution in [3.8, 4) is 0 Å². The molecule has 0 aromatic rings. The zero-order chi connectivity index (χ0) is 23.4. The third kappa shape index (κ3) is 9.92. The molecule has 0 rings (SSSR count). The first-order chi connectivity index (χ1) is 13.9. The molecule has 0 saturated heterocycles. The SMILES string of the molecule is CCC(C)C(NC(=O)C(C)NC(=O)C(CC(=O)O)NC(=O)C(N)CCSC)C(=O)O. The summed E-state index contributed by atoms with van der Waals surface area (Å²) in [6.45, 7) is 4.77. The van der Waals surface area contributed by atoms with Crippen molar-refractivity contribution in [1.82, 2.24) is 16.0 Å². The number of rotatable bonds is 14. The molecule has 5 unspecified atom stereocenters. The second kappa shape index (κ2) is 13.8. The van der Waals surface area contributed by atoms with Gasteiger partial charge in [-0.2, -0.15) is 11.8 Å². The van der Waals surface area contributed by atoms with E-state index in [0.717, 1.165) is 0 Å². The molecular weight excluding hydrogens is 416 g/mol. The van der Waals surface area contributed by atoms with E-state index in [-0.39, 0.29) is 5.92 Å². The van der Waals surface area contributed by atoms with Crippen molar-refractivity contribution in [2.75, 3.05) is 12.0 Å². The summed E-state index contributed by atoms with van der Waals surface area (Å²) in [4.78, 5) is 59.3. The number of nitrogens with one attached hydrogen (secondary N) is 3. The third-order valence-electron chi connectivity index (χ3n) is 4.51. The van der Waals surface area contributed by atoms with Gasteiger partial charge in [-0.1, -0.05) is 20.3 Å². The van der Waals surface area contributed by atoms with E-state index in [1.807, 2.05) is 6.26 Å². The van der Waals surface area contributed by atoms with Crippen molar-refractivity contribution in [2.45, 2.75) is 64.2 Å². The molecule has 0 spiro atoms. The lowest BCUT2D eigenvalue weighted by Crippen LogP contribution is -2.57. The quantitative estimate of drug-likeness (QED) is 0.197. The number of carboxylic acid groups (broad SMARTS) is 2. The molecular formula is C18H32N4O7S. The summed E-state index contributed by atoms with van der Waals surface area (Å²) in [6.07, 6.45) is 2.00. The van der Waals surface area contributed by atoms with E-state index < -0.39 is 60.2 Å². The molecule has 0 saturated carbocycles. The van der Waals surface area contributed by atoms with Crippen LogP contribution in [-0.4, -0.2) is 76.0 Å². The van der Waals surface area contributed by atoms with Gasteiger partial charge in [0, 0.05) is 0 Å². The van der Waals surface area contributed by atoms with Crippen LogP contribution in [0.15, 0.2) is 0 Å². The molecule has 172 valence electrons. The number of aliphatic carboxylic acids is 2. The average Bonchev–Trinajstić information content (AvgIpc) is 2.67. The summed E-state index contributed by atoms with van der Waals surface area (Å²) in [5, 5.41) is 25.2.